The number of fused-ring (bicyclic) bond motifs is 1. The number of nitrogens with zero attached hydrogens (tertiary/aromatic N) is 3. The van der Waals surface area contributed by atoms with Gasteiger partial charge in [0.05, 0.1) is 18.8 Å². The molecule has 142 valence electrons. The first-order chi connectivity index (χ1) is 13.1. The fraction of sp³-hybridized carbons (Fsp3) is 0.381. The van der Waals surface area contributed by atoms with E-state index in [2.05, 4.69) is 29.0 Å². The molecule has 4 rings (SSSR count). The van der Waals surface area contributed by atoms with Crippen molar-refractivity contribution in [2.45, 2.75) is 12.5 Å². The van der Waals surface area contributed by atoms with Gasteiger partial charge in [0.15, 0.2) is 0 Å². The van der Waals surface area contributed by atoms with E-state index in [0.29, 0.717) is 0 Å². The van der Waals surface area contributed by atoms with Crippen molar-refractivity contribution in [3.8, 4) is 5.75 Å². The summed E-state index contributed by atoms with van der Waals surface area (Å²) < 4.78 is 5.62. The summed E-state index contributed by atoms with van der Waals surface area (Å²) in [5, 5.41) is 0. The molecule has 0 spiro atoms. The third kappa shape index (κ3) is 3.21. The predicted octanol–water partition coefficient (Wildman–Crippen LogP) is 2.63. The molecule has 0 saturated carbocycles. The van der Waals surface area contributed by atoms with Crippen molar-refractivity contribution in [2.24, 2.45) is 5.73 Å². The van der Waals surface area contributed by atoms with Crippen molar-refractivity contribution in [2.75, 3.05) is 50.1 Å². The van der Waals surface area contributed by atoms with Gasteiger partial charge >= 0.3 is 6.03 Å². The van der Waals surface area contributed by atoms with Crippen LogP contribution < -0.4 is 20.3 Å². The van der Waals surface area contributed by atoms with Gasteiger partial charge in [-0.15, -0.1) is 0 Å². The number of anilines is 2. The lowest BCUT2D eigenvalue weighted by molar-refractivity contribution is 0.252. The van der Waals surface area contributed by atoms with Crippen molar-refractivity contribution in [3.05, 3.63) is 53.6 Å². The molecule has 1 unspecified atom stereocenters. The molecule has 6 heteroatoms. The van der Waals surface area contributed by atoms with Gasteiger partial charge in [-0.2, -0.15) is 0 Å². The first-order valence-electron chi connectivity index (χ1n) is 9.36. The van der Waals surface area contributed by atoms with E-state index in [-0.39, 0.29) is 6.04 Å². The Morgan fingerprint density at radius 2 is 1.81 bits per heavy atom. The van der Waals surface area contributed by atoms with E-state index in [0.717, 1.165) is 60.9 Å². The summed E-state index contributed by atoms with van der Waals surface area (Å²) in [5.41, 5.74) is 9.97. The minimum absolute atomic E-state index is 0.0861. The van der Waals surface area contributed by atoms with Crippen LogP contribution in [0.25, 0.3) is 0 Å². The number of hydrogen-bond donors (Lipinski definition) is 1. The smallest absolute Gasteiger partial charge is 0.319 e. The summed E-state index contributed by atoms with van der Waals surface area (Å²) in [6.45, 7) is 3.97. The molecule has 0 aliphatic carbocycles. The van der Waals surface area contributed by atoms with Gasteiger partial charge in [0.2, 0.25) is 0 Å². The van der Waals surface area contributed by atoms with Gasteiger partial charge in [-0.1, -0.05) is 24.3 Å². The highest BCUT2D eigenvalue weighted by Gasteiger charge is 2.34. The van der Waals surface area contributed by atoms with Crippen LogP contribution in [0.3, 0.4) is 0 Å². The van der Waals surface area contributed by atoms with Gasteiger partial charge < -0.3 is 20.3 Å². The molecule has 2 N–H and O–H groups in total. The average Bonchev–Trinajstić information content (AvgIpc) is 3.08. The number of ether oxygens (including phenoxy) is 1. The Morgan fingerprint density at radius 1 is 1.07 bits per heavy atom. The van der Waals surface area contributed by atoms with Gasteiger partial charge in [0, 0.05) is 31.9 Å². The SMILES string of the molecule is COc1ccc(C2Cc3ccccc3N2C(N)=O)cc1N1CCN(C)CC1. The first kappa shape index (κ1) is 17.7. The summed E-state index contributed by atoms with van der Waals surface area (Å²) >= 11 is 0. The molecule has 27 heavy (non-hydrogen) atoms. The second-order valence-corrected chi connectivity index (χ2v) is 7.28. The maximum Gasteiger partial charge on any atom is 0.319 e. The molecule has 1 fully saturated rings. The molecule has 0 bridgehead atoms. The fourth-order valence-electron chi connectivity index (χ4n) is 4.13. The molecule has 2 aliphatic heterocycles. The molecule has 2 heterocycles. The van der Waals surface area contributed by atoms with Gasteiger partial charge in [0.1, 0.15) is 5.75 Å². The topological polar surface area (TPSA) is 62.0 Å². The number of carbonyl (C=O) groups is 1. The lowest BCUT2D eigenvalue weighted by Gasteiger charge is -2.35. The maximum absolute atomic E-state index is 12.2. The Balaban J connectivity index is 1.70. The number of amides is 2. The number of likely N-dealkylation sites (N-methyl/N-ethyl adjacent to an activating group) is 1. The maximum atomic E-state index is 12.2. The third-order valence-electron chi connectivity index (χ3n) is 5.65. The van der Waals surface area contributed by atoms with Crippen molar-refractivity contribution in [3.63, 3.8) is 0 Å². The van der Waals surface area contributed by atoms with Gasteiger partial charge in [0.25, 0.3) is 0 Å². The van der Waals surface area contributed by atoms with Crippen LogP contribution >= 0.6 is 0 Å². The second-order valence-electron chi connectivity index (χ2n) is 7.28. The highest BCUT2D eigenvalue weighted by molar-refractivity contribution is 5.94. The van der Waals surface area contributed by atoms with E-state index in [4.69, 9.17) is 10.5 Å². The summed E-state index contributed by atoms with van der Waals surface area (Å²) in [4.78, 5) is 18.6. The Kier molecular flexibility index (Phi) is 4.66. The van der Waals surface area contributed by atoms with Crippen LogP contribution in [-0.2, 0) is 6.42 Å². The van der Waals surface area contributed by atoms with Crippen LogP contribution in [0, 0.1) is 0 Å². The minimum Gasteiger partial charge on any atom is -0.495 e. The number of carbonyl (C=O) groups excluding carboxylic acids is 1. The van der Waals surface area contributed by atoms with Crippen LogP contribution in [0.4, 0.5) is 16.2 Å². The summed E-state index contributed by atoms with van der Waals surface area (Å²) in [7, 11) is 3.85. The quantitative estimate of drug-likeness (QED) is 0.907. The Bertz CT molecular complexity index is 846. The van der Waals surface area contributed by atoms with Crippen molar-refractivity contribution in [1.82, 2.24) is 4.90 Å². The number of hydrogen-bond acceptors (Lipinski definition) is 4. The van der Waals surface area contributed by atoms with E-state index in [9.17, 15) is 4.79 Å². The van der Waals surface area contributed by atoms with Crippen LogP contribution in [0.5, 0.6) is 5.75 Å². The van der Waals surface area contributed by atoms with E-state index < -0.39 is 6.03 Å². The zero-order chi connectivity index (χ0) is 19.0. The zero-order valence-electron chi connectivity index (χ0n) is 15.9. The minimum atomic E-state index is -0.415. The number of nitrogens with two attached hydrogens (primary N) is 1. The number of piperazine rings is 1. The summed E-state index contributed by atoms with van der Waals surface area (Å²) in [6, 6.07) is 13.7. The predicted molar refractivity (Wildman–Crippen MR) is 108 cm³/mol. The number of primary amides is 1. The Hall–Kier alpha value is -2.73. The highest BCUT2D eigenvalue weighted by atomic mass is 16.5. The molecule has 1 atom stereocenters. The summed E-state index contributed by atoms with van der Waals surface area (Å²) in [6.07, 6.45) is 0.771. The first-order valence-corrected chi connectivity index (χ1v) is 9.36. The van der Waals surface area contributed by atoms with Crippen molar-refractivity contribution in [1.29, 1.82) is 0 Å². The third-order valence-corrected chi connectivity index (χ3v) is 5.65. The van der Waals surface area contributed by atoms with Gasteiger partial charge in [-0.3, -0.25) is 4.90 Å². The molecule has 0 radical (unpaired) electrons. The van der Waals surface area contributed by atoms with Gasteiger partial charge in [-0.05, 0) is 42.8 Å². The van der Waals surface area contributed by atoms with Crippen molar-refractivity contribution >= 4 is 17.4 Å². The van der Waals surface area contributed by atoms with Gasteiger partial charge in [-0.25, -0.2) is 4.79 Å². The van der Waals surface area contributed by atoms with Crippen molar-refractivity contribution < 1.29 is 9.53 Å². The fourth-order valence-corrected chi connectivity index (χ4v) is 4.13. The largest absolute Gasteiger partial charge is 0.495 e. The van der Waals surface area contributed by atoms with E-state index in [1.165, 1.54) is 0 Å². The van der Waals surface area contributed by atoms with E-state index in [1.807, 2.05) is 30.3 Å². The highest BCUT2D eigenvalue weighted by Crippen LogP contribution is 2.42. The monoisotopic (exact) mass is 366 g/mol. The Labute approximate surface area is 160 Å². The van der Waals surface area contributed by atoms with E-state index >= 15 is 0 Å². The molecule has 2 aliphatic rings. The second kappa shape index (κ2) is 7.12. The number of rotatable bonds is 3. The molecule has 2 aromatic rings. The normalized spacial score (nSPS) is 19.9. The van der Waals surface area contributed by atoms with Crippen LogP contribution in [0.1, 0.15) is 17.2 Å². The molecule has 2 aromatic carbocycles. The molecular weight excluding hydrogens is 340 g/mol. The molecule has 0 aromatic heterocycles. The Morgan fingerprint density at radius 3 is 2.52 bits per heavy atom. The lowest BCUT2D eigenvalue weighted by Crippen LogP contribution is -2.44. The average molecular weight is 366 g/mol. The summed E-state index contributed by atoms with van der Waals surface area (Å²) in [5.74, 6) is 0.865. The van der Waals surface area contributed by atoms with Crippen LogP contribution in [-0.4, -0.2) is 51.3 Å². The number of para-hydroxylation sites is 1. The molecular formula is C21H26N4O2. The van der Waals surface area contributed by atoms with Crippen LogP contribution in [0.2, 0.25) is 0 Å². The number of benzene rings is 2. The molecule has 6 nitrogen and oxygen atoms in total. The number of urea groups is 1. The zero-order valence-corrected chi connectivity index (χ0v) is 15.9. The standard InChI is InChI=1S/C21H26N4O2/c1-23-9-11-24(12-10-23)19-14-16(7-8-20(19)27-2)18-13-15-5-3-4-6-17(15)25(18)21(22)26/h3-8,14,18H,9-13H2,1-2H3,(H2,22,26). The molecule has 1 saturated heterocycles. The lowest BCUT2D eigenvalue weighted by atomic mass is 10.0. The molecule has 2 amide bonds. The number of methoxy groups -OCH3 is 1. The van der Waals surface area contributed by atoms with E-state index in [1.54, 1.807) is 12.0 Å². The van der Waals surface area contributed by atoms with Crippen LogP contribution in [0.15, 0.2) is 42.5 Å².